The van der Waals surface area contributed by atoms with E-state index in [4.69, 9.17) is 10.5 Å². The minimum atomic E-state index is -0.530. The molecule has 0 aromatic rings. The highest BCUT2D eigenvalue weighted by Crippen LogP contribution is 2.37. The molecule has 1 saturated carbocycles. The highest BCUT2D eigenvalue weighted by Gasteiger charge is 2.45. The van der Waals surface area contributed by atoms with Crippen molar-refractivity contribution in [2.45, 2.75) is 26.3 Å². The van der Waals surface area contributed by atoms with Gasteiger partial charge in [-0.25, -0.2) is 0 Å². The summed E-state index contributed by atoms with van der Waals surface area (Å²) < 4.78 is 5.25. The molecule has 0 aromatic heterocycles. The first kappa shape index (κ1) is 10.9. The van der Waals surface area contributed by atoms with Gasteiger partial charge in [0.25, 0.3) is 0 Å². The number of amides is 1. The maximum absolute atomic E-state index is 11.9. The number of hydrogen-bond acceptors (Lipinski definition) is 3. The van der Waals surface area contributed by atoms with Gasteiger partial charge in [0.15, 0.2) is 0 Å². The number of rotatable bonds is 3. The third kappa shape index (κ3) is 2.01. The molecule has 15 heavy (non-hydrogen) atoms. The predicted octanol–water partition coefficient (Wildman–Crippen LogP) is 0.122. The third-order valence-corrected chi connectivity index (χ3v) is 3.84. The molecule has 1 saturated heterocycles. The quantitative estimate of drug-likeness (QED) is 0.698. The first-order chi connectivity index (χ1) is 7.04. The van der Waals surface area contributed by atoms with Crippen molar-refractivity contribution in [3.8, 4) is 0 Å². The lowest BCUT2D eigenvalue weighted by Crippen LogP contribution is -2.50. The van der Waals surface area contributed by atoms with Crippen LogP contribution in [0.4, 0.5) is 0 Å². The summed E-state index contributed by atoms with van der Waals surface area (Å²) in [6.45, 7) is 5.82. The lowest BCUT2D eigenvalue weighted by Gasteiger charge is -2.25. The maximum Gasteiger partial charge on any atom is 0.229 e. The van der Waals surface area contributed by atoms with Gasteiger partial charge in [-0.1, -0.05) is 6.92 Å². The standard InChI is InChI=1S/C11H20N2O2/c1-7-3-8(7)4-13-10(14)11(2)6-15-5-9(11)12/h7-9H,3-6,12H2,1-2H3,(H,13,14). The van der Waals surface area contributed by atoms with Crippen molar-refractivity contribution in [2.24, 2.45) is 23.0 Å². The molecule has 86 valence electrons. The Labute approximate surface area is 90.5 Å². The van der Waals surface area contributed by atoms with Crippen LogP contribution in [0, 0.1) is 17.3 Å². The Hall–Kier alpha value is -0.610. The van der Waals surface area contributed by atoms with Crippen molar-refractivity contribution in [3.05, 3.63) is 0 Å². The van der Waals surface area contributed by atoms with Crippen LogP contribution in [0.15, 0.2) is 0 Å². The van der Waals surface area contributed by atoms with Gasteiger partial charge in [-0.15, -0.1) is 0 Å². The molecule has 4 nitrogen and oxygen atoms in total. The monoisotopic (exact) mass is 212 g/mol. The highest BCUT2D eigenvalue weighted by atomic mass is 16.5. The zero-order chi connectivity index (χ0) is 11.1. The molecule has 0 spiro atoms. The van der Waals surface area contributed by atoms with E-state index < -0.39 is 5.41 Å². The van der Waals surface area contributed by atoms with Crippen LogP contribution in [0.1, 0.15) is 20.3 Å². The van der Waals surface area contributed by atoms with Crippen LogP contribution in [-0.2, 0) is 9.53 Å². The van der Waals surface area contributed by atoms with E-state index in [1.807, 2.05) is 6.92 Å². The largest absolute Gasteiger partial charge is 0.379 e. The topological polar surface area (TPSA) is 64.3 Å². The molecule has 1 aliphatic heterocycles. The van der Waals surface area contributed by atoms with Crippen molar-refractivity contribution in [3.63, 3.8) is 0 Å². The van der Waals surface area contributed by atoms with Crippen LogP contribution < -0.4 is 11.1 Å². The minimum absolute atomic E-state index is 0.0478. The third-order valence-electron chi connectivity index (χ3n) is 3.84. The molecule has 4 atom stereocenters. The lowest BCUT2D eigenvalue weighted by atomic mass is 9.85. The normalized spacial score (nSPS) is 44.1. The predicted molar refractivity (Wildman–Crippen MR) is 57.2 cm³/mol. The van der Waals surface area contributed by atoms with Crippen LogP contribution in [0.25, 0.3) is 0 Å². The zero-order valence-corrected chi connectivity index (χ0v) is 9.45. The fraction of sp³-hybridized carbons (Fsp3) is 0.909. The molecule has 1 aliphatic carbocycles. The SMILES string of the molecule is CC1CC1CNC(=O)C1(C)COCC1N. The molecule has 0 radical (unpaired) electrons. The van der Waals surface area contributed by atoms with Gasteiger partial charge in [-0.2, -0.15) is 0 Å². The summed E-state index contributed by atoms with van der Waals surface area (Å²) >= 11 is 0. The van der Waals surface area contributed by atoms with Crippen LogP contribution in [0.5, 0.6) is 0 Å². The fourth-order valence-corrected chi connectivity index (χ4v) is 2.03. The van der Waals surface area contributed by atoms with E-state index in [1.165, 1.54) is 6.42 Å². The van der Waals surface area contributed by atoms with E-state index in [2.05, 4.69) is 12.2 Å². The fourth-order valence-electron chi connectivity index (χ4n) is 2.03. The Morgan fingerprint density at radius 3 is 2.80 bits per heavy atom. The average molecular weight is 212 g/mol. The second-order valence-corrected chi connectivity index (χ2v) is 5.22. The molecule has 4 heteroatoms. The van der Waals surface area contributed by atoms with Crippen LogP contribution in [0.3, 0.4) is 0 Å². The summed E-state index contributed by atoms with van der Waals surface area (Å²) in [6, 6.07) is -0.172. The molecule has 0 bridgehead atoms. The molecule has 1 heterocycles. The van der Waals surface area contributed by atoms with Crippen molar-refractivity contribution in [2.75, 3.05) is 19.8 Å². The smallest absolute Gasteiger partial charge is 0.229 e. The van der Waals surface area contributed by atoms with Gasteiger partial charge in [-0.05, 0) is 25.2 Å². The first-order valence-electron chi connectivity index (χ1n) is 5.65. The van der Waals surface area contributed by atoms with Gasteiger partial charge >= 0.3 is 0 Å². The Morgan fingerprint density at radius 2 is 2.33 bits per heavy atom. The molecule has 0 aromatic carbocycles. The maximum atomic E-state index is 11.9. The van der Waals surface area contributed by atoms with Crippen molar-refractivity contribution in [1.82, 2.24) is 5.32 Å². The molecule has 2 aliphatic rings. The van der Waals surface area contributed by atoms with Crippen LogP contribution in [-0.4, -0.2) is 31.7 Å². The Morgan fingerprint density at radius 1 is 1.67 bits per heavy atom. The molecule has 3 N–H and O–H groups in total. The van der Waals surface area contributed by atoms with E-state index in [9.17, 15) is 4.79 Å². The van der Waals surface area contributed by atoms with Crippen molar-refractivity contribution in [1.29, 1.82) is 0 Å². The van der Waals surface area contributed by atoms with E-state index in [-0.39, 0.29) is 11.9 Å². The van der Waals surface area contributed by atoms with Crippen molar-refractivity contribution < 1.29 is 9.53 Å². The van der Waals surface area contributed by atoms with E-state index in [1.54, 1.807) is 0 Å². The van der Waals surface area contributed by atoms with Gasteiger partial charge in [-0.3, -0.25) is 4.79 Å². The summed E-state index contributed by atoms with van der Waals surface area (Å²) in [7, 11) is 0. The number of nitrogens with one attached hydrogen (secondary N) is 1. The summed E-state index contributed by atoms with van der Waals surface area (Å²) in [4.78, 5) is 11.9. The molecule has 2 rings (SSSR count). The number of hydrogen-bond donors (Lipinski definition) is 2. The molecule has 2 fully saturated rings. The van der Waals surface area contributed by atoms with Gasteiger partial charge < -0.3 is 15.8 Å². The molecule has 1 amide bonds. The minimum Gasteiger partial charge on any atom is -0.379 e. The Kier molecular flexibility index (Phi) is 2.73. The van der Waals surface area contributed by atoms with Gasteiger partial charge in [0.05, 0.1) is 18.6 Å². The molecular weight excluding hydrogens is 192 g/mol. The summed E-state index contributed by atoms with van der Waals surface area (Å²) in [5, 5.41) is 2.99. The molecule has 4 unspecified atom stereocenters. The number of carbonyl (C=O) groups excluding carboxylic acids is 1. The second kappa shape index (κ2) is 3.76. The Bertz CT molecular complexity index is 269. The Balaban J connectivity index is 1.84. The molecular formula is C11H20N2O2. The number of carbonyl (C=O) groups is 1. The average Bonchev–Trinajstić information content (AvgIpc) is 2.79. The van der Waals surface area contributed by atoms with Gasteiger partial charge in [0.2, 0.25) is 5.91 Å². The van der Waals surface area contributed by atoms with Crippen molar-refractivity contribution >= 4 is 5.91 Å². The van der Waals surface area contributed by atoms with Gasteiger partial charge in [0, 0.05) is 12.6 Å². The van der Waals surface area contributed by atoms with Gasteiger partial charge in [0.1, 0.15) is 0 Å². The second-order valence-electron chi connectivity index (χ2n) is 5.22. The summed E-state index contributed by atoms with van der Waals surface area (Å²) in [5.74, 6) is 1.49. The summed E-state index contributed by atoms with van der Waals surface area (Å²) in [6.07, 6.45) is 1.24. The van der Waals surface area contributed by atoms with E-state index in [0.29, 0.717) is 19.1 Å². The van der Waals surface area contributed by atoms with Crippen LogP contribution in [0.2, 0.25) is 0 Å². The first-order valence-corrected chi connectivity index (χ1v) is 5.65. The number of ether oxygens (including phenoxy) is 1. The summed E-state index contributed by atoms with van der Waals surface area (Å²) in [5.41, 5.74) is 5.35. The van der Waals surface area contributed by atoms with Crippen LogP contribution >= 0.6 is 0 Å². The highest BCUT2D eigenvalue weighted by molar-refractivity contribution is 5.83. The number of nitrogens with two attached hydrogens (primary N) is 1. The van der Waals surface area contributed by atoms with E-state index >= 15 is 0 Å². The lowest BCUT2D eigenvalue weighted by molar-refractivity contribution is -0.130. The zero-order valence-electron chi connectivity index (χ0n) is 9.45. The van der Waals surface area contributed by atoms with E-state index in [0.717, 1.165) is 12.5 Å².